The summed E-state index contributed by atoms with van der Waals surface area (Å²) in [5, 5.41) is 0. The standard InChI is InChI=1S/C16H10N2O4/c1-2-10-3-4-11(17-13(19)5-6-14(17)20)9-12(10)18-15(21)7-8-16(18)22/h2-9H,1H2. The van der Waals surface area contributed by atoms with Gasteiger partial charge in [0.25, 0.3) is 23.6 Å². The van der Waals surface area contributed by atoms with Gasteiger partial charge >= 0.3 is 0 Å². The van der Waals surface area contributed by atoms with E-state index in [1.165, 1.54) is 12.1 Å². The Kier molecular flexibility index (Phi) is 3.06. The molecular weight excluding hydrogens is 284 g/mol. The molecule has 2 heterocycles. The maximum Gasteiger partial charge on any atom is 0.258 e. The number of nitrogens with zero attached hydrogens (tertiary/aromatic N) is 2. The lowest BCUT2D eigenvalue weighted by molar-refractivity contribution is -0.121. The Balaban J connectivity index is 2.10. The predicted octanol–water partition coefficient (Wildman–Crippen LogP) is 1.19. The summed E-state index contributed by atoms with van der Waals surface area (Å²) < 4.78 is 0. The van der Waals surface area contributed by atoms with Crippen LogP contribution >= 0.6 is 0 Å². The Bertz CT molecular complexity index is 768. The van der Waals surface area contributed by atoms with Crippen molar-refractivity contribution < 1.29 is 19.2 Å². The zero-order valence-corrected chi connectivity index (χ0v) is 11.4. The second kappa shape index (κ2) is 4.92. The summed E-state index contributed by atoms with van der Waals surface area (Å²) in [7, 11) is 0. The van der Waals surface area contributed by atoms with E-state index in [9.17, 15) is 19.2 Å². The van der Waals surface area contributed by atoms with Gasteiger partial charge in [-0.05, 0) is 17.7 Å². The quantitative estimate of drug-likeness (QED) is 0.785. The number of anilines is 2. The molecule has 0 radical (unpaired) electrons. The summed E-state index contributed by atoms with van der Waals surface area (Å²) in [5.41, 5.74) is 1.11. The minimum atomic E-state index is -0.484. The number of hydrogen-bond donors (Lipinski definition) is 0. The predicted molar refractivity (Wildman–Crippen MR) is 79.8 cm³/mol. The molecule has 0 aromatic heterocycles. The van der Waals surface area contributed by atoms with Gasteiger partial charge in [0.1, 0.15) is 0 Å². The minimum Gasteiger partial charge on any atom is -0.269 e. The molecule has 6 nitrogen and oxygen atoms in total. The van der Waals surface area contributed by atoms with Gasteiger partial charge in [-0.1, -0.05) is 18.7 Å². The van der Waals surface area contributed by atoms with Crippen LogP contribution in [0, 0.1) is 0 Å². The highest BCUT2D eigenvalue weighted by Gasteiger charge is 2.30. The summed E-state index contributed by atoms with van der Waals surface area (Å²) in [6, 6.07) is 4.60. The van der Waals surface area contributed by atoms with E-state index in [2.05, 4.69) is 6.58 Å². The van der Waals surface area contributed by atoms with Gasteiger partial charge in [0, 0.05) is 24.3 Å². The zero-order valence-electron chi connectivity index (χ0n) is 11.4. The van der Waals surface area contributed by atoms with Crippen LogP contribution in [0.25, 0.3) is 6.08 Å². The molecule has 0 unspecified atom stereocenters. The highest BCUT2D eigenvalue weighted by Crippen LogP contribution is 2.31. The van der Waals surface area contributed by atoms with Crippen molar-refractivity contribution in [2.24, 2.45) is 0 Å². The molecule has 1 aromatic rings. The minimum absolute atomic E-state index is 0.278. The summed E-state index contributed by atoms with van der Waals surface area (Å²) >= 11 is 0. The van der Waals surface area contributed by atoms with E-state index in [0.29, 0.717) is 5.56 Å². The van der Waals surface area contributed by atoms with Crippen LogP contribution in [0.15, 0.2) is 49.1 Å². The lowest BCUT2D eigenvalue weighted by atomic mass is 10.1. The fourth-order valence-electron chi connectivity index (χ4n) is 2.33. The molecule has 6 heteroatoms. The van der Waals surface area contributed by atoms with Gasteiger partial charge in [-0.25, -0.2) is 9.80 Å². The molecule has 3 rings (SSSR count). The molecule has 0 spiro atoms. The SMILES string of the molecule is C=Cc1ccc(N2C(=O)C=CC2=O)cc1N1C(=O)C=CC1=O. The van der Waals surface area contributed by atoms with Gasteiger partial charge in [-0.15, -0.1) is 0 Å². The van der Waals surface area contributed by atoms with Crippen molar-refractivity contribution in [2.75, 3.05) is 9.80 Å². The summed E-state index contributed by atoms with van der Waals surface area (Å²) in [4.78, 5) is 49.1. The van der Waals surface area contributed by atoms with Crippen molar-refractivity contribution in [2.45, 2.75) is 0 Å². The van der Waals surface area contributed by atoms with Crippen LogP contribution in [0.4, 0.5) is 11.4 Å². The molecule has 4 amide bonds. The fourth-order valence-corrected chi connectivity index (χ4v) is 2.33. The molecular formula is C16H10N2O4. The third-order valence-corrected chi connectivity index (χ3v) is 3.35. The van der Waals surface area contributed by atoms with Gasteiger partial charge in [0.2, 0.25) is 0 Å². The van der Waals surface area contributed by atoms with Crippen LogP contribution in [0.3, 0.4) is 0 Å². The maximum atomic E-state index is 11.8. The average molecular weight is 294 g/mol. The monoisotopic (exact) mass is 294 g/mol. The third kappa shape index (κ3) is 1.98. The van der Waals surface area contributed by atoms with Crippen LogP contribution < -0.4 is 9.80 Å². The van der Waals surface area contributed by atoms with E-state index in [4.69, 9.17) is 0 Å². The first kappa shape index (κ1) is 13.7. The lowest BCUT2D eigenvalue weighted by Crippen LogP contribution is -2.32. The van der Waals surface area contributed by atoms with Crippen LogP contribution in [0.2, 0.25) is 0 Å². The Morgan fingerprint density at radius 3 is 1.77 bits per heavy atom. The summed E-state index contributed by atoms with van der Waals surface area (Å²) in [6.07, 6.45) is 6.14. The first-order valence-electron chi connectivity index (χ1n) is 6.41. The largest absolute Gasteiger partial charge is 0.269 e. The van der Waals surface area contributed by atoms with Crippen molar-refractivity contribution in [3.05, 3.63) is 54.6 Å². The van der Waals surface area contributed by atoms with E-state index in [1.54, 1.807) is 12.1 Å². The molecule has 2 aliphatic rings. The number of amides is 4. The topological polar surface area (TPSA) is 74.8 Å². The number of rotatable bonds is 3. The molecule has 0 N–H and O–H groups in total. The second-order valence-corrected chi connectivity index (χ2v) is 4.64. The van der Waals surface area contributed by atoms with Crippen molar-refractivity contribution >= 4 is 41.1 Å². The molecule has 1 aromatic carbocycles. The Morgan fingerprint density at radius 2 is 1.27 bits per heavy atom. The Morgan fingerprint density at radius 1 is 0.773 bits per heavy atom. The van der Waals surface area contributed by atoms with Gasteiger partial charge in [-0.2, -0.15) is 0 Å². The van der Waals surface area contributed by atoms with Crippen LogP contribution in [0.1, 0.15) is 5.56 Å². The molecule has 2 aliphatic heterocycles. The zero-order chi connectivity index (χ0) is 15.9. The molecule has 0 fully saturated rings. The maximum absolute atomic E-state index is 11.8. The number of carbonyl (C=O) groups is 4. The van der Waals surface area contributed by atoms with Crippen molar-refractivity contribution in [1.82, 2.24) is 0 Å². The van der Waals surface area contributed by atoms with Crippen molar-refractivity contribution in [3.63, 3.8) is 0 Å². The summed E-state index contributed by atoms with van der Waals surface area (Å²) in [5.74, 6) is -1.91. The van der Waals surface area contributed by atoms with E-state index in [-0.39, 0.29) is 11.4 Å². The van der Waals surface area contributed by atoms with Gasteiger partial charge in [-0.3, -0.25) is 19.2 Å². The molecule has 0 saturated carbocycles. The average Bonchev–Trinajstić information content (AvgIpc) is 3.01. The molecule has 108 valence electrons. The highest BCUT2D eigenvalue weighted by atomic mass is 16.2. The molecule has 0 aliphatic carbocycles. The summed E-state index contributed by atoms with van der Waals surface area (Å²) in [6.45, 7) is 3.64. The van der Waals surface area contributed by atoms with Gasteiger partial charge in [0.15, 0.2) is 0 Å². The third-order valence-electron chi connectivity index (χ3n) is 3.35. The lowest BCUT2D eigenvalue weighted by Gasteiger charge is -2.20. The van der Waals surface area contributed by atoms with Crippen LogP contribution in [-0.4, -0.2) is 23.6 Å². The number of hydrogen-bond acceptors (Lipinski definition) is 4. The molecule has 0 bridgehead atoms. The van der Waals surface area contributed by atoms with E-state index < -0.39 is 23.6 Å². The number of benzene rings is 1. The molecule has 22 heavy (non-hydrogen) atoms. The van der Waals surface area contributed by atoms with Gasteiger partial charge in [0.05, 0.1) is 11.4 Å². The van der Waals surface area contributed by atoms with Crippen molar-refractivity contribution in [3.8, 4) is 0 Å². The Hall–Kier alpha value is -3.28. The molecule has 0 saturated heterocycles. The second-order valence-electron chi connectivity index (χ2n) is 4.64. The normalized spacial score (nSPS) is 17.1. The Labute approximate surface area is 125 Å². The van der Waals surface area contributed by atoms with E-state index >= 15 is 0 Å². The number of carbonyl (C=O) groups excluding carboxylic acids is 4. The molecule has 0 atom stereocenters. The van der Waals surface area contributed by atoms with Crippen LogP contribution in [-0.2, 0) is 19.2 Å². The van der Waals surface area contributed by atoms with E-state index in [1.807, 2.05) is 0 Å². The van der Waals surface area contributed by atoms with Crippen molar-refractivity contribution in [1.29, 1.82) is 0 Å². The van der Waals surface area contributed by atoms with Crippen LogP contribution in [0.5, 0.6) is 0 Å². The first-order valence-corrected chi connectivity index (χ1v) is 6.41. The smallest absolute Gasteiger partial charge is 0.258 e. The fraction of sp³-hybridized carbons (Fsp3) is 0. The van der Waals surface area contributed by atoms with Gasteiger partial charge < -0.3 is 0 Å². The van der Waals surface area contributed by atoms with E-state index in [0.717, 1.165) is 34.1 Å². The first-order chi connectivity index (χ1) is 10.5. The number of imide groups is 2. The highest BCUT2D eigenvalue weighted by molar-refractivity contribution is 6.30.